The van der Waals surface area contributed by atoms with Crippen molar-refractivity contribution in [2.75, 3.05) is 6.61 Å². The monoisotopic (exact) mass is 414 g/mol. The van der Waals surface area contributed by atoms with E-state index >= 15 is 0 Å². The number of phenolic OH excluding ortho intramolecular Hbond substituents is 1. The van der Waals surface area contributed by atoms with Crippen LogP contribution in [0, 0.1) is 0 Å². The number of ketones is 2. The van der Waals surface area contributed by atoms with Gasteiger partial charge in [-0.15, -0.1) is 0 Å². The second kappa shape index (κ2) is 7.02. The summed E-state index contributed by atoms with van der Waals surface area (Å²) in [6.07, 6.45) is 0.514. The van der Waals surface area contributed by atoms with E-state index in [0.717, 1.165) is 6.42 Å². The third-order valence-electron chi connectivity index (χ3n) is 5.88. The van der Waals surface area contributed by atoms with Gasteiger partial charge in [0.2, 0.25) is 0 Å². The van der Waals surface area contributed by atoms with Crippen LogP contribution >= 0.6 is 0 Å². The number of aliphatic hydroxyl groups is 1. The number of carbonyl (C=O) groups is 2. The van der Waals surface area contributed by atoms with Crippen LogP contribution in [-0.2, 0) is 18.9 Å². The van der Waals surface area contributed by atoms with Crippen molar-refractivity contribution in [3.63, 3.8) is 0 Å². The predicted molar refractivity (Wildman–Crippen MR) is 103 cm³/mol. The van der Waals surface area contributed by atoms with E-state index in [1.807, 2.05) is 13.8 Å². The quantitative estimate of drug-likeness (QED) is 0.776. The smallest absolute Gasteiger partial charge is 0.198 e. The van der Waals surface area contributed by atoms with Gasteiger partial charge in [0.25, 0.3) is 0 Å². The van der Waals surface area contributed by atoms with Crippen LogP contribution in [0.4, 0.5) is 0 Å². The van der Waals surface area contributed by atoms with Crippen LogP contribution in [0.25, 0.3) is 6.08 Å². The highest BCUT2D eigenvalue weighted by molar-refractivity contribution is 6.26. The van der Waals surface area contributed by atoms with E-state index in [-0.39, 0.29) is 29.1 Å². The summed E-state index contributed by atoms with van der Waals surface area (Å²) in [5, 5.41) is 20.9. The number of Topliss-reactive ketones (excluding diaryl/α,β-unsaturated/α-hetero) is 1. The molecule has 0 saturated carbocycles. The first-order valence-electron chi connectivity index (χ1n) is 10.0. The SMILES string of the molecule is CCC[C@H]1OC(C)=Cc2cc3c(c(O)c21)C(=O)C([C@@H]1O[C@H]2[C@H](O)OC[C@H]2O1)=CC3=O. The fourth-order valence-corrected chi connectivity index (χ4v) is 4.51. The number of aromatic hydroxyl groups is 1. The van der Waals surface area contributed by atoms with Crippen LogP contribution in [0.3, 0.4) is 0 Å². The summed E-state index contributed by atoms with van der Waals surface area (Å²) in [6.45, 7) is 3.96. The molecular formula is C22H22O8. The topological polar surface area (TPSA) is 112 Å². The van der Waals surface area contributed by atoms with Crippen LogP contribution in [0.5, 0.6) is 5.75 Å². The van der Waals surface area contributed by atoms with Gasteiger partial charge < -0.3 is 29.2 Å². The zero-order valence-electron chi connectivity index (χ0n) is 16.6. The average Bonchev–Trinajstić information content (AvgIpc) is 3.26. The number of aliphatic hydroxyl groups excluding tert-OH is 1. The highest BCUT2D eigenvalue weighted by Gasteiger charge is 2.49. The minimum atomic E-state index is -1.15. The van der Waals surface area contributed by atoms with Gasteiger partial charge in [-0.2, -0.15) is 0 Å². The molecule has 8 nitrogen and oxygen atoms in total. The van der Waals surface area contributed by atoms with E-state index in [9.17, 15) is 19.8 Å². The Morgan fingerprint density at radius 2 is 2.00 bits per heavy atom. The average molecular weight is 414 g/mol. The molecule has 2 N–H and O–H groups in total. The number of carbonyl (C=O) groups excluding carboxylic acids is 2. The molecule has 0 spiro atoms. The third kappa shape index (κ3) is 2.83. The van der Waals surface area contributed by atoms with E-state index < -0.39 is 42.5 Å². The first kappa shape index (κ1) is 19.4. The highest BCUT2D eigenvalue weighted by Crippen LogP contribution is 2.45. The van der Waals surface area contributed by atoms with Crippen molar-refractivity contribution in [3.8, 4) is 5.75 Å². The van der Waals surface area contributed by atoms with Crippen LogP contribution in [0.15, 0.2) is 23.5 Å². The summed E-state index contributed by atoms with van der Waals surface area (Å²) in [6, 6.07) is 1.63. The molecule has 8 heteroatoms. The molecule has 3 aliphatic heterocycles. The van der Waals surface area contributed by atoms with Crippen LogP contribution in [0.1, 0.15) is 64.6 Å². The zero-order chi connectivity index (χ0) is 21.2. The molecule has 0 bridgehead atoms. The Labute approximate surface area is 172 Å². The molecule has 0 aromatic heterocycles. The van der Waals surface area contributed by atoms with Crippen LogP contribution in [-0.4, -0.2) is 53.2 Å². The van der Waals surface area contributed by atoms with Gasteiger partial charge in [0.15, 0.2) is 24.1 Å². The normalized spacial score (nSPS) is 32.2. The number of hydrogen-bond acceptors (Lipinski definition) is 8. The van der Waals surface area contributed by atoms with E-state index in [4.69, 9.17) is 18.9 Å². The lowest BCUT2D eigenvalue weighted by Gasteiger charge is -2.29. The molecule has 30 heavy (non-hydrogen) atoms. The largest absolute Gasteiger partial charge is 0.507 e. The standard InChI is InChI=1S/C22H22O8/c1-3-4-14-16-10(5-9(2)28-14)6-11-13(23)7-12(18(24)17(11)19(16)25)22-29-15-8-27-21(26)20(15)30-22/h5-7,14-15,20-22,25-26H,3-4,8H2,1-2H3/t14-,15-,20-,21-,22+/m1/s1. The molecule has 3 heterocycles. The molecule has 1 aromatic carbocycles. The lowest BCUT2D eigenvalue weighted by Crippen LogP contribution is -2.30. The number of allylic oxidation sites excluding steroid dienone is 2. The van der Waals surface area contributed by atoms with Gasteiger partial charge in [0.1, 0.15) is 24.1 Å². The van der Waals surface area contributed by atoms with Gasteiger partial charge in [0, 0.05) is 11.1 Å². The summed E-state index contributed by atoms with van der Waals surface area (Å²) < 4.78 is 22.3. The van der Waals surface area contributed by atoms with Gasteiger partial charge in [-0.05, 0) is 37.1 Å². The number of hydrogen-bond donors (Lipinski definition) is 2. The molecule has 0 radical (unpaired) electrons. The maximum absolute atomic E-state index is 13.3. The molecule has 2 fully saturated rings. The first-order chi connectivity index (χ1) is 14.4. The summed E-state index contributed by atoms with van der Waals surface area (Å²) in [7, 11) is 0. The predicted octanol–water partition coefficient (Wildman–Crippen LogP) is 2.39. The van der Waals surface area contributed by atoms with Gasteiger partial charge >= 0.3 is 0 Å². The number of phenols is 1. The van der Waals surface area contributed by atoms with Gasteiger partial charge in [-0.3, -0.25) is 9.59 Å². The molecule has 0 amide bonds. The summed E-state index contributed by atoms with van der Waals surface area (Å²) in [5.41, 5.74) is 1.27. The van der Waals surface area contributed by atoms with Gasteiger partial charge in [0.05, 0.1) is 23.5 Å². The number of ether oxygens (including phenoxy) is 4. The van der Waals surface area contributed by atoms with Crippen molar-refractivity contribution in [3.05, 3.63) is 45.7 Å². The second-order valence-electron chi connectivity index (χ2n) is 7.92. The molecular weight excluding hydrogens is 392 g/mol. The minimum absolute atomic E-state index is 0.000146. The zero-order valence-corrected chi connectivity index (χ0v) is 16.6. The summed E-state index contributed by atoms with van der Waals surface area (Å²) >= 11 is 0. The van der Waals surface area contributed by atoms with Crippen molar-refractivity contribution in [1.29, 1.82) is 0 Å². The molecule has 1 aliphatic carbocycles. The van der Waals surface area contributed by atoms with E-state index in [1.165, 1.54) is 6.08 Å². The lowest BCUT2D eigenvalue weighted by molar-refractivity contribution is -0.153. The maximum atomic E-state index is 13.3. The summed E-state index contributed by atoms with van der Waals surface area (Å²) in [5.74, 6) is -0.503. The van der Waals surface area contributed by atoms with Crippen molar-refractivity contribution < 1.29 is 38.7 Å². The molecule has 5 atom stereocenters. The molecule has 2 saturated heterocycles. The summed E-state index contributed by atoms with van der Waals surface area (Å²) in [4.78, 5) is 26.2. The Balaban J connectivity index is 1.56. The van der Waals surface area contributed by atoms with E-state index in [2.05, 4.69) is 0 Å². The van der Waals surface area contributed by atoms with Crippen molar-refractivity contribution in [2.24, 2.45) is 0 Å². The van der Waals surface area contributed by atoms with Crippen molar-refractivity contribution >= 4 is 17.6 Å². The fourth-order valence-electron chi connectivity index (χ4n) is 4.51. The van der Waals surface area contributed by atoms with Crippen molar-refractivity contribution in [2.45, 2.75) is 57.6 Å². The lowest BCUT2D eigenvalue weighted by atomic mass is 9.82. The molecule has 5 rings (SSSR count). The van der Waals surface area contributed by atoms with Crippen molar-refractivity contribution in [1.82, 2.24) is 0 Å². The van der Waals surface area contributed by atoms with Crippen LogP contribution in [0.2, 0.25) is 0 Å². The Bertz CT molecular complexity index is 1010. The van der Waals surface area contributed by atoms with E-state index in [1.54, 1.807) is 12.1 Å². The second-order valence-corrected chi connectivity index (χ2v) is 7.92. The van der Waals surface area contributed by atoms with E-state index in [0.29, 0.717) is 23.3 Å². The Kier molecular flexibility index (Phi) is 4.55. The number of rotatable bonds is 3. The fraction of sp³-hybridized carbons (Fsp3) is 0.455. The number of fused-ring (bicyclic) bond motifs is 3. The molecule has 4 aliphatic rings. The highest BCUT2D eigenvalue weighted by atomic mass is 16.8. The Morgan fingerprint density at radius 3 is 2.73 bits per heavy atom. The third-order valence-corrected chi connectivity index (χ3v) is 5.88. The Morgan fingerprint density at radius 1 is 1.20 bits per heavy atom. The van der Waals surface area contributed by atoms with Gasteiger partial charge in [-0.1, -0.05) is 13.3 Å². The van der Waals surface area contributed by atoms with Crippen LogP contribution < -0.4 is 0 Å². The minimum Gasteiger partial charge on any atom is -0.507 e. The molecule has 158 valence electrons. The van der Waals surface area contributed by atoms with Gasteiger partial charge in [-0.25, -0.2) is 0 Å². The Hall–Kier alpha value is -2.52. The molecule has 1 aromatic rings. The molecule has 0 unspecified atom stereocenters. The first-order valence-corrected chi connectivity index (χ1v) is 10.0. The number of benzene rings is 1. The maximum Gasteiger partial charge on any atom is 0.198 e.